The lowest BCUT2D eigenvalue weighted by Crippen LogP contribution is -2.19. The fraction of sp³-hybridized carbons (Fsp3) is 0.125. The molecule has 4 rings (SSSR count). The standard InChI is InChI=1S/C24H18ClF3N4O3S/c1-12-17(25)8-5-9-18(12)32-19-11-13(10-15(21(29)33)20(19)31-23(32)36(2)35)30-22(34)14-6-3-4-7-16(14)24(26,27)28/h3-11H,1-2H3,(H2,29,33)(H,30,34). The monoisotopic (exact) mass is 534 g/mol. The number of benzene rings is 3. The molecule has 1 unspecified atom stereocenters. The van der Waals surface area contributed by atoms with Crippen molar-refractivity contribution >= 4 is 51.3 Å². The third kappa shape index (κ3) is 4.64. The Labute approximate surface area is 211 Å². The average Bonchev–Trinajstić information content (AvgIpc) is 3.19. The van der Waals surface area contributed by atoms with Gasteiger partial charge in [0.2, 0.25) is 0 Å². The number of amides is 2. The summed E-state index contributed by atoms with van der Waals surface area (Å²) in [5.41, 5.74) is 5.22. The first kappa shape index (κ1) is 25.5. The first-order chi connectivity index (χ1) is 16.9. The Morgan fingerprint density at radius 3 is 2.44 bits per heavy atom. The van der Waals surface area contributed by atoms with E-state index in [0.29, 0.717) is 16.3 Å². The number of nitrogens with zero attached hydrogens (tertiary/aromatic N) is 2. The van der Waals surface area contributed by atoms with E-state index >= 15 is 0 Å². The number of hydrogen-bond acceptors (Lipinski definition) is 4. The number of imidazole rings is 1. The highest BCUT2D eigenvalue weighted by Crippen LogP contribution is 2.34. The molecule has 0 aliphatic heterocycles. The summed E-state index contributed by atoms with van der Waals surface area (Å²) in [6.45, 7) is 1.74. The molecule has 7 nitrogen and oxygen atoms in total. The van der Waals surface area contributed by atoms with Gasteiger partial charge in [0.25, 0.3) is 11.8 Å². The van der Waals surface area contributed by atoms with Crippen molar-refractivity contribution in [2.24, 2.45) is 5.73 Å². The average molecular weight is 535 g/mol. The third-order valence-electron chi connectivity index (χ3n) is 5.47. The lowest BCUT2D eigenvalue weighted by Gasteiger charge is -2.15. The number of carbonyl (C=O) groups excluding carboxylic acids is 2. The molecule has 0 aliphatic carbocycles. The van der Waals surface area contributed by atoms with E-state index < -0.39 is 40.3 Å². The second-order valence-corrected chi connectivity index (χ2v) is 9.50. The van der Waals surface area contributed by atoms with Crippen LogP contribution in [0.2, 0.25) is 5.02 Å². The molecule has 0 fully saturated rings. The largest absolute Gasteiger partial charge is 0.609 e. The maximum atomic E-state index is 13.4. The predicted octanol–water partition coefficient (Wildman–Crippen LogP) is 5.09. The van der Waals surface area contributed by atoms with Crippen LogP contribution in [0.5, 0.6) is 0 Å². The Morgan fingerprint density at radius 1 is 1.11 bits per heavy atom. The number of anilines is 1. The van der Waals surface area contributed by atoms with Gasteiger partial charge in [0, 0.05) is 21.9 Å². The summed E-state index contributed by atoms with van der Waals surface area (Å²) < 4.78 is 54.3. The number of aromatic nitrogens is 2. The third-order valence-corrected chi connectivity index (χ3v) is 6.66. The molecule has 12 heteroatoms. The highest BCUT2D eigenvalue weighted by Gasteiger charge is 2.35. The first-order valence-corrected chi connectivity index (χ1v) is 12.3. The molecule has 0 bridgehead atoms. The Hall–Kier alpha value is -3.54. The summed E-state index contributed by atoms with van der Waals surface area (Å²) in [6, 6.07) is 12.0. The van der Waals surface area contributed by atoms with Gasteiger partial charge < -0.3 is 15.6 Å². The molecule has 4 aromatic rings. The van der Waals surface area contributed by atoms with Crippen LogP contribution in [0.3, 0.4) is 0 Å². The van der Waals surface area contributed by atoms with Crippen molar-refractivity contribution in [2.75, 3.05) is 11.6 Å². The molecule has 3 N–H and O–H groups in total. The van der Waals surface area contributed by atoms with Crippen molar-refractivity contribution < 1.29 is 27.3 Å². The van der Waals surface area contributed by atoms with Crippen LogP contribution >= 0.6 is 11.6 Å². The number of fused-ring (bicyclic) bond motifs is 1. The van der Waals surface area contributed by atoms with Crippen molar-refractivity contribution in [3.05, 3.63) is 81.9 Å². The SMILES string of the molecule is Cc1c(Cl)cccc1-n1c([S+](C)[O-])nc2c(C(N)=O)cc(NC(=O)c3ccccc3C(F)(F)F)cc21. The van der Waals surface area contributed by atoms with Gasteiger partial charge in [0.15, 0.2) is 0 Å². The van der Waals surface area contributed by atoms with E-state index in [9.17, 15) is 27.3 Å². The lowest BCUT2D eigenvalue weighted by atomic mass is 10.1. The number of halogens is 4. The number of nitrogens with two attached hydrogens (primary N) is 1. The molecular weight excluding hydrogens is 517 g/mol. The van der Waals surface area contributed by atoms with Crippen LogP contribution in [-0.2, 0) is 17.4 Å². The number of alkyl halides is 3. The van der Waals surface area contributed by atoms with Gasteiger partial charge in [-0.1, -0.05) is 29.8 Å². The fourth-order valence-corrected chi connectivity index (χ4v) is 4.65. The lowest BCUT2D eigenvalue weighted by molar-refractivity contribution is -0.137. The van der Waals surface area contributed by atoms with Crippen LogP contribution in [0.25, 0.3) is 16.7 Å². The molecule has 2 amide bonds. The Kier molecular flexibility index (Phi) is 6.74. The minimum Gasteiger partial charge on any atom is -0.609 e. The second-order valence-electron chi connectivity index (χ2n) is 7.82. The molecule has 0 radical (unpaired) electrons. The Bertz CT molecular complexity index is 1520. The van der Waals surface area contributed by atoms with Crippen molar-refractivity contribution in [2.45, 2.75) is 18.3 Å². The molecule has 36 heavy (non-hydrogen) atoms. The summed E-state index contributed by atoms with van der Waals surface area (Å²) in [4.78, 5) is 29.5. The van der Waals surface area contributed by atoms with Gasteiger partial charge >= 0.3 is 11.3 Å². The second kappa shape index (κ2) is 9.49. The van der Waals surface area contributed by atoms with Gasteiger partial charge in [-0.3, -0.25) is 14.2 Å². The van der Waals surface area contributed by atoms with Crippen LogP contribution in [0.1, 0.15) is 31.8 Å². The highest BCUT2D eigenvalue weighted by molar-refractivity contribution is 7.90. The summed E-state index contributed by atoms with van der Waals surface area (Å²) in [5.74, 6) is -1.94. The van der Waals surface area contributed by atoms with E-state index in [1.807, 2.05) is 0 Å². The molecule has 3 aromatic carbocycles. The van der Waals surface area contributed by atoms with Crippen molar-refractivity contribution in [1.82, 2.24) is 9.55 Å². The van der Waals surface area contributed by atoms with Crippen LogP contribution in [-0.4, -0.2) is 32.2 Å². The first-order valence-electron chi connectivity index (χ1n) is 10.3. The zero-order valence-electron chi connectivity index (χ0n) is 18.8. The number of carbonyl (C=O) groups is 2. The van der Waals surface area contributed by atoms with E-state index in [-0.39, 0.29) is 27.4 Å². The van der Waals surface area contributed by atoms with Gasteiger partial charge in [-0.05, 0) is 48.9 Å². The summed E-state index contributed by atoms with van der Waals surface area (Å²) >= 11 is 4.66. The van der Waals surface area contributed by atoms with Crippen molar-refractivity contribution in [3.63, 3.8) is 0 Å². The molecule has 1 atom stereocenters. The summed E-state index contributed by atoms with van der Waals surface area (Å²) in [7, 11) is 0. The highest BCUT2D eigenvalue weighted by atomic mass is 35.5. The smallest absolute Gasteiger partial charge is 0.417 e. The molecule has 0 spiro atoms. The molecule has 1 aromatic heterocycles. The minimum absolute atomic E-state index is 0.00690. The normalized spacial score (nSPS) is 12.5. The zero-order valence-corrected chi connectivity index (χ0v) is 20.4. The topological polar surface area (TPSA) is 113 Å². The van der Waals surface area contributed by atoms with E-state index in [1.165, 1.54) is 35.1 Å². The van der Waals surface area contributed by atoms with Gasteiger partial charge in [-0.25, -0.2) is 0 Å². The van der Waals surface area contributed by atoms with Crippen molar-refractivity contribution in [3.8, 4) is 5.69 Å². The molecule has 0 aliphatic rings. The van der Waals surface area contributed by atoms with Crippen LogP contribution < -0.4 is 11.1 Å². The fourth-order valence-electron chi connectivity index (χ4n) is 3.81. The summed E-state index contributed by atoms with van der Waals surface area (Å²) in [6.07, 6.45) is -3.35. The van der Waals surface area contributed by atoms with Gasteiger partial charge in [0.1, 0.15) is 11.8 Å². The number of primary amides is 1. The zero-order chi connectivity index (χ0) is 26.4. The van der Waals surface area contributed by atoms with Crippen LogP contribution in [0, 0.1) is 6.92 Å². The number of hydrogen-bond donors (Lipinski definition) is 2. The van der Waals surface area contributed by atoms with Crippen LogP contribution in [0.4, 0.5) is 18.9 Å². The van der Waals surface area contributed by atoms with Crippen LogP contribution in [0.15, 0.2) is 59.8 Å². The van der Waals surface area contributed by atoms with E-state index in [1.54, 1.807) is 25.1 Å². The summed E-state index contributed by atoms with van der Waals surface area (Å²) in [5, 5.41) is 2.92. The van der Waals surface area contributed by atoms with Crippen molar-refractivity contribution in [1.29, 1.82) is 0 Å². The molecular formula is C24H18ClF3N4O3S. The van der Waals surface area contributed by atoms with E-state index in [4.69, 9.17) is 17.3 Å². The van der Waals surface area contributed by atoms with Gasteiger partial charge in [0.05, 0.1) is 27.9 Å². The van der Waals surface area contributed by atoms with Gasteiger partial charge in [-0.15, -0.1) is 0 Å². The molecule has 0 saturated carbocycles. The van der Waals surface area contributed by atoms with E-state index in [0.717, 1.165) is 12.1 Å². The van der Waals surface area contributed by atoms with Gasteiger partial charge in [-0.2, -0.15) is 18.2 Å². The molecule has 1 heterocycles. The number of rotatable bonds is 5. The maximum absolute atomic E-state index is 13.4. The maximum Gasteiger partial charge on any atom is 0.417 e. The quantitative estimate of drug-likeness (QED) is 0.347. The number of nitrogens with one attached hydrogen (secondary N) is 1. The predicted molar refractivity (Wildman–Crippen MR) is 131 cm³/mol. The Morgan fingerprint density at radius 2 is 1.81 bits per heavy atom. The molecule has 0 saturated heterocycles. The Balaban J connectivity index is 1.93. The molecule has 186 valence electrons. The van der Waals surface area contributed by atoms with E-state index in [2.05, 4.69) is 10.3 Å². The minimum atomic E-state index is -4.75.